The second-order valence-corrected chi connectivity index (χ2v) is 4.99. The first-order valence-electron chi connectivity index (χ1n) is 6.00. The van der Waals surface area contributed by atoms with Gasteiger partial charge in [0.2, 0.25) is 0 Å². The third kappa shape index (κ3) is 2.28. The van der Waals surface area contributed by atoms with E-state index in [2.05, 4.69) is 18.8 Å². The molecule has 0 saturated carbocycles. The lowest BCUT2D eigenvalue weighted by Gasteiger charge is -2.15. The highest BCUT2D eigenvalue weighted by Gasteiger charge is 2.17. The fraction of sp³-hybridized carbons (Fsp3) is 0.357. The molecule has 4 nitrogen and oxygen atoms in total. The molecule has 0 atom stereocenters. The summed E-state index contributed by atoms with van der Waals surface area (Å²) in [4.78, 5) is 4.60. The van der Waals surface area contributed by atoms with Crippen LogP contribution < -0.4 is 15.2 Å². The Labute approximate surface area is 117 Å². The van der Waals surface area contributed by atoms with Crippen molar-refractivity contribution in [3.05, 3.63) is 22.8 Å². The summed E-state index contributed by atoms with van der Waals surface area (Å²) in [6.45, 7) is 4.12. The second-order valence-electron chi connectivity index (χ2n) is 4.61. The highest BCUT2D eigenvalue weighted by Crippen LogP contribution is 2.41. The number of hydrogen-bond acceptors (Lipinski definition) is 4. The van der Waals surface area contributed by atoms with Gasteiger partial charge in [0.25, 0.3) is 0 Å². The molecule has 1 aromatic heterocycles. The molecule has 102 valence electrons. The molecule has 5 heteroatoms. The number of benzene rings is 1. The van der Waals surface area contributed by atoms with Gasteiger partial charge < -0.3 is 15.2 Å². The van der Waals surface area contributed by atoms with E-state index in [0.717, 1.165) is 5.69 Å². The van der Waals surface area contributed by atoms with Gasteiger partial charge in [-0.25, -0.2) is 4.98 Å². The van der Waals surface area contributed by atoms with Crippen LogP contribution >= 0.6 is 11.6 Å². The van der Waals surface area contributed by atoms with Crippen molar-refractivity contribution in [1.29, 1.82) is 0 Å². The van der Waals surface area contributed by atoms with E-state index in [4.69, 9.17) is 26.8 Å². The van der Waals surface area contributed by atoms with Crippen molar-refractivity contribution in [3.63, 3.8) is 0 Å². The molecule has 0 saturated heterocycles. The van der Waals surface area contributed by atoms with Crippen molar-refractivity contribution < 1.29 is 9.47 Å². The van der Waals surface area contributed by atoms with Crippen LogP contribution in [0.1, 0.15) is 25.5 Å². The first-order chi connectivity index (χ1) is 8.99. The van der Waals surface area contributed by atoms with Gasteiger partial charge in [-0.05, 0) is 12.0 Å². The number of hydrogen-bond donors (Lipinski definition) is 1. The summed E-state index contributed by atoms with van der Waals surface area (Å²) in [6.07, 6.45) is 0. The van der Waals surface area contributed by atoms with E-state index in [9.17, 15) is 0 Å². The Hall–Kier alpha value is -1.68. The largest absolute Gasteiger partial charge is 0.495 e. The van der Waals surface area contributed by atoms with Crippen molar-refractivity contribution in [1.82, 2.24) is 4.98 Å². The number of pyridine rings is 1. The summed E-state index contributed by atoms with van der Waals surface area (Å²) in [5, 5.41) is 1.13. The average molecular weight is 281 g/mol. The number of aromatic nitrogens is 1. The predicted octanol–water partition coefficient (Wildman–Crippen LogP) is 3.61. The molecule has 2 aromatic rings. The molecule has 0 amide bonds. The number of nitrogens with two attached hydrogens (primary N) is 1. The number of halogens is 1. The van der Waals surface area contributed by atoms with Gasteiger partial charge in [-0.1, -0.05) is 25.4 Å². The van der Waals surface area contributed by atoms with Crippen LogP contribution in [0.25, 0.3) is 10.9 Å². The van der Waals surface area contributed by atoms with Crippen LogP contribution in [0.3, 0.4) is 0 Å². The standard InChI is InChI=1S/C14H17ClN2O2/c1-7(2)9-5-8(16)12-13(15)10(18-3)6-11(19-4)14(12)17-9/h5-7H,1-4H3,(H2,16,17). The molecule has 0 aliphatic heterocycles. The van der Waals surface area contributed by atoms with Crippen LogP contribution in [0.4, 0.5) is 5.69 Å². The number of ether oxygens (including phenoxy) is 2. The zero-order chi connectivity index (χ0) is 14.2. The second kappa shape index (κ2) is 5.13. The van der Waals surface area contributed by atoms with E-state index in [0.29, 0.717) is 33.1 Å². The maximum atomic E-state index is 6.31. The van der Waals surface area contributed by atoms with Crippen LogP contribution in [0.15, 0.2) is 12.1 Å². The fourth-order valence-electron chi connectivity index (χ4n) is 1.97. The van der Waals surface area contributed by atoms with Crippen molar-refractivity contribution in [3.8, 4) is 11.5 Å². The molecule has 2 N–H and O–H groups in total. The third-order valence-corrected chi connectivity index (χ3v) is 3.41. The maximum Gasteiger partial charge on any atom is 0.148 e. The minimum absolute atomic E-state index is 0.275. The topological polar surface area (TPSA) is 57.4 Å². The van der Waals surface area contributed by atoms with E-state index >= 15 is 0 Å². The third-order valence-electron chi connectivity index (χ3n) is 3.03. The Bertz CT molecular complexity index is 627. The zero-order valence-electron chi connectivity index (χ0n) is 11.5. The summed E-state index contributed by atoms with van der Waals surface area (Å²) in [6, 6.07) is 3.57. The Kier molecular flexibility index (Phi) is 3.71. The average Bonchev–Trinajstić information content (AvgIpc) is 2.38. The molecular weight excluding hydrogens is 264 g/mol. The summed E-state index contributed by atoms with van der Waals surface area (Å²) < 4.78 is 10.6. The molecule has 0 fully saturated rings. The van der Waals surface area contributed by atoms with Crippen LogP contribution in [0, 0.1) is 0 Å². The minimum atomic E-state index is 0.275. The SMILES string of the molecule is COc1cc(OC)c2nc(C(C)C)cc(N)c2c1Cl. The van der Waals surface area contributed by atoms with Crippen LogP contribution in [-0.4, -0.2) is 19.2 Å². The minimum Gasteiger partial charge on any atom is -0.495 e. The summed E-state index contributed by atoms with van der Waals surface area (Å²) in [5.41, 5.74) is 8.26. The van der Waals surface area contributed by atoms with Gasteiger partial charge in [0.05, 0.1) is 19.2 Å². The molecular formula is C14H17ClN2O2. The van der Waals surface area contributed by atoms with Gasteiger partial charge in [-0.15, -0.1) is 0 Å². The Morgan fingerprint density at radius 2 is 1.79 bits per heavy atom. The van der Waals surface area contributed by atoms with Gasteiger partial charge in [0, 0.05) is 22.8 Å². The van der Waals surface area contributed by atoms with Crippen LogP contribution in [0.5, 0.6) is 11.5 Å². The van der Waals surface area contributed by atoms with E-state index in [-0.39, 0.29) is 5.92 Å². The molecule has 0 spiro atoms. The molecule has 0 aliphatic carbocycles. The number of anilines is 1. The Balaban J connectivity index is 2.88. The number of nitrogens with zero attached hydrogens (tertiary/aromatic N) is 1. The Morgan fingerprint density at radius 1 is 1.16 bits per heavy atom. The van der Waals surface area contributed by atoms with Gasteiger partial charge in [0.15, 0.2) is 0 Å². The normalized spacial score (nSPS) is 11.1. The maximum absolute atomic E-state index is 6.31. The van der Waals surface area contributed by atoms with E-state index in [1.807, 2.05) is 6.07 Å². The molecule has 2 rings (SSSR count). The number of fused-ring (bicyclic) bond motifs is 1. The van der Waals surface area contributed by atoms with Crippen molar-refractivity contribution in [2.45, 2.75) is 19.8 Å². The lowest BCUT2D eigenvalue weighted by Crippen LogP contribution is -2.00. The smallest absolute Gasteiger partial charge is 0.148 e. The molecule has 1 aromatic carbocycles. The van der Waals surface area contributed by atoms with Crippen LogP contribution in [-0.2, 0) is 0 Å². The monoisotopic (exact) mass is 280 g/mol. The van der Waals surface area contributed by atoms with Crippen molar-refractivity contribution in [2.75, 3.05) is 20.0 Å². The van der Waals surface area contributed by atoms with Gasteiger partial charge >= 0.3 is 0 Å². The van der Waals surface area contributed by atoms with Crippen molar-refractivity contribution in [2.24, 2.45) is 0 Å². The van der Waals surface area contributed by atoms with E-state index < -0.39 is 0 Å². The van der Waals surface area contributed by atoms with E-state index in [1.165, 1.54) is 0 Å². The Morgan fingerprint density at radius 3 is 2.32 bits per heavy atom. The van der Waals surface area contributed by atoms with Crippen molar-refractivity contribution >= 4 is 28.2 Å². The number of nitrogen functional groups attached to an aromatic ring is 1. The van der Waals surface area contributed by atoms with Crippen LogP contribution in [0.2, 0.25) is 5.02 Å². The first-order valence-corrected chi connectivity index (χ1v) is 6.38. The molecule has 0 aliphatic rings. The lowest BCUT2D eigenvalue weighted by atomic mass is 10.1. The zero-order valence-corrected chi connectivity index (χ0v) is 12.2. The van der Waals surface area contributed by atoms with Gasteiger partial charge in [-0.2, -0.15) is 0 Å². The number of methoxy groups -OCH3 is 2. The van der Waals surface area contributed by atoms with E-state index in [1.54, 1.807) is 20.3 Å². The summed E-state index contributed by atoms with van der Waals surface area (Å²) >= 11 is 6.31. The molecule has 19 heavy (non-hydrogen) atoms. The highest BCUT2D eigenvalue weighted by atomic mass is 35.5. The quantitative estimate of drug-likeness (QED) is 0.933. The van der Waals surface area contributed by atoms with Gasteiger partial charge in [-0.3, -0.25) is 0 Å². The summed E-state index contributed by atoms with van der Waals surface area (Å²) in [7, 11) is 3.14. The highest BCUT2D eigenvalue weighted by molar-refractivity contribution is 6.38. The summed E-state index contributed by atoms with van der Waals surface area (Å²) in [5.74, 6) is 1.40. The fourth-order valence-corrected chi connectivity index (χ4v) is 2.30. The lowest BCUT2D eigenvalue weighted by molar-refractivity contribution is 0.397. The first kappa shape index (κ1) is 13.7. The predicted molar refractivity (Wildman–Crippen MR) is 78.4 cm³/mol. The molecule has 1 heterocycles. The molecule has 0 radical (unpaired) electrons. The molecule has 0 bridgehead atoms. The number of rotatable bonds is 3. The molecule has 0 unspecified atom stereocenters. The van der Waals surface area contributed by atoms with Gasteiger partial charge in [0.1, 0.15) is 17.0 Å².